The minimum atomic E-state index is -0.468. The largest absolute Gasteiger partial charge is 0.379 e. The lowest BCUT2D eigenvalue weighted by Gasteiger charge is -2.28. The van der Waals surface area contributed by atoms with Crippen LogP contribution in [0.1, 0.15) is 39.3 Å². The van der Waals surface area contributed by atoms with Gasteiger partial charge in [0.05, 0.1) is 36.9 Å². The number of rotatable bonds is 7. The average molecular weight is 485 g/mol. The van der Waals surface area contributed by atoms with E-state index in [9.17, 15) is 18.8 Å². The highest BCUT2D eigenvalue weighted by Crippen LogP contribution is 2.34. The van der Waals surface area contributed by atoms with Crippen molar-refractivity contribution in [3.05, 3.63) is 52.1 Å². The van der Waals surface area contributed by atoms with E-state index in [1.807, 2.05) is 0 Å². The maximum atomic E-state index is 13.8. The Morgan fingerprint density at radius 3 is 2.74 bits per heavy atom. The Morgan fingerprint density at radius 1 is 1.29 bits per heavy atom. The van der Waals surface area contributed by atoms with E-state index in [1.165, 1.54) is 25.3 Å². The van der Waals surface area contributed by atoms with Gasteiger partial charge < -0.3 is 30.0 Å². The fourth-order valence-electron chi connectivity index (χ4n) is 4.38. The van der Waals surface area contributed by atoms with Crippen molar-refractivity contribution in [1.82, 2.24) is 15.2 Å². The molecule has 4 rings (SSSR count). The number of H-pyrrole nitrogens is 1. The zero-order valence-corrected chi connectivity index (χ0v) is 20.0. The number of morpholine rings is 1. The molecule has 1 aromatic carbocycles. The molecule has 2 aromatic rings. The third kappa shape index (κ3) is 5.28. The maximum absolute atomic E-state index is 13.8. The van der Waals surface area contributed by atoms with Crippen LogP contribution in [0.25, 0.3) is 11.6 Å². The lowest BCUT2D eigenvalue weighted by atomic mass is 10.0. The molecule has 10 heteroatoms. The summed E-state index contributed by atoms with van der Waals surface area (Å²) in [7, 11) is 1.51. The molecule has 2 aliphatic rings. The number of hydrogen-bond donors (Lipinski definition) is 3. The van der Waals surface area contributed by atoms with Gasteiger partial charge in [-0.15, -0.1) is 0 Å². The highest BCUT2D eigenvalue weighted by Gasteiger charge is 2.27. The molecule has 35 heavy (non-hydrogen) atoms. The quantitative estimate of drug-likeness (QED) is 0.522. The van der Waals surface area contributed by atoms with Crippen molar-refractivity contribution < 1.29 is 28.2 Å². The van der Waals surface area contributed by atoms with Crippen LogP contribution in [0, 0.1) is 19.7 Å². The van der Waals surface area contributed by atoms with Crippen LogP contribution >= 0.6 is 0 Å². The molecule has 1 atom stereocenters. The molecule has 0 saturated carbocycles. The molecule has 0 radical (unpaired) electrons. The number of aromatic amines is 1. The number of carbonyl (C=O) groups excluding carboxylic acids is 3. The molecule has 1 unspecified atom stereocenters. The van der Waals surface area contributed by atoms with Gasteiger partial charge in [0.2, 0.25) is 5.91 Å². The van der Waals surface area contributed by atoms with Crippen molar-refractivity contribution >= 4 is 35.1 Å². The van der Waals surface area contributed by atoms with Gasteiger partial charge in [-0.2, -0.15) is 0 Å². The van der Waals surface area contributed by atoms with Gasteiger partial charge in [0.15, 0.2) is 0 Å². The summed E-state index contributed by atoms with van der Waals surface area (Å²) in [6.07, 6.45) is 1.31. The first-order chi connectivity index (χ1) is 16.8. The van der Waals surface area contributed by atoms with Crippen molar-refractivity contribution in [3.8, 4) is 0 Å². The number of methoxy groups -OCH3 is 1. The Labute approximate surface area is 202 Å². The molecule has 186 valence electrons. The first-order valence-corrected chi connectivity index (χ1v) is 11.5. The van der Waals surface area contributed by atoms with Crippen LogP contribution in [-0.4, -0.2) is 73.7 Å². The molecule has 0 spiro atoms. The predicted molar refractivity (Wildman–Crippen MR) is 128 cm³/mol. The van der Waals surface area contributed by atoms with Gasteiger partial charge in [0.1, 0.15) is 5.82 Å². The Bertz CT molecular complexity index is 1180. The maximum Gasteiger partial charge on any atom is 0.256 e. The Hall–Kier alpha value is -3.50. The highest BCUT2D eigenvalue weighted by molar-refractivity contribution is 6.34. The molecule has 3 N–H and O–H groups in total. The predicted octanol–water partition coefficient (Wildman–Crippen LogP) is 2.26. The number of carbonyl (C=O) groups is 3. The summed E-state index contributed by atoms with van der Waals surface area (Å²) in [4.78, 5) is 42.8. The van der Waals surface area contributed by atoms with E-state index in [4.69, 9.17) is 9.47 Å². The van der Waals surface area contributed by atoms with Crippen molar-refractivity contribution in [1.29, 1.82) is 0 Å². The van der Waals surface area contributed by atoms with Gasteiger partial charge in [0, 0.05) is 49.4 Å². The third-order valence-electron chi connectivity index (χ3n) is 6.35. The molecular weight excluding hydrogens is 455 g/mol. The van der Waals surface area contributed by atoms with Gasteiger partial charge in [0.25, 0.3) is 11.8 Å². The summed E-state index contributed by atoms with van der Waals surface area (Å²) in [5.74, 6) is -1.13. The summed E-state index contributed by atoms with van der Waals surface area (Å²) in [5.41, 5.74) is 3.65. The van der Waals surface area contributed by atoms with Crippen LogP contribution < -0.4 is 10.6 Å². The van der Waals surface area contributed by atoms with E-state index < -0.39 is 11.9 Å². The van der Waals surface area contributed by atoms with Crippen molar-refractivity contribution in [2.75, 3.05) is 45.3 Å². The molecule has 2 aliphatic heterocycles. The smallest absolute Gasteiger partial charge is 0.256 e. The summed E-state index contributed by atoms with van der Waals surface area (Å²) in [5, 5.41) is 5.57. The summed E-state index contributed by atoms with van der Waals surface area (Å²) < 4.78 is 24.4. The molecule has 1 fully saturated rings. The average Bonchev–Trinajstić information content (AvgIpc) is 3.31. The van der Waals surface area contributed by atoms with E-state index in [-0.39, 0.29) is 30.7 Å². The number of nitrogens with one attached hydrogen (secondary N) is 3. The first-order valence-electron chi connectivity index (χ1n) is 11.5. The Kier molecular flexibility index (Phi) is 7.32. The van der Waals surface area contributed by atoms with Crippen LogP contribution in [0.3, 0.4) is 0 Å². The van der Waals surface area contributed by atoms with Crippen molar-refractivity contribution in [3.63, 3.8) is 0 Å². The van der Waals surface area contributed by atoms with Gasteiger partial charge in [-0.25, -0.2) is 4.39 Å². The number of benzene rings is 1. The van der Waals surface area contributed by atoms with Crippen molar-refractivity contribution in [2.45, 2.75) is 26.4 Å². The second kappa shape index (κ2) is 10.4. The third-order valence-corrected chi connectivity index (χ3v) is 6.35. The molecule has 0 aliphatic carbocycles. The highest BCUT2D eigenvalue weighted by atomic mass is 19.1. The summed E-state index contributed by atoms with van der Waals surface area (Å²) in [6.45, 7) is 5.86. The van der Waals surface area contributed by atoms with Gasteiger partial charge >= 0.3 is 0 Å². The minimum Gasteiger partial charge on any atom is -0.379 e. The number of nitrogens with zero attached hydrogens (tertiary/aromatic N) is 1. The number of amides is 3. The Morgan fingerprint density at radius 2 is 2.03 bits per heavy atom. The topological polar surface area (TPSA) is 113 Å². The fraction of sp³-hybridized carbons (Fsp3) is 0.400. The second-order valence-electron chi connectivity index (χ2n) is 8.63. The van der Waals surface area contributed by atoms with Crippen LogP contribution in [0.2, 0.25) is 0 Å². The lowest BCUT2D eigenvalue weighted by molar-refractivity contribution is -0.137. The Balaban J connectivity index is 1.46. The minimum absolute atomic E-state index is 0.0381. The van der Waals surface area contributed by atoms with Gasteiger partial charge in [-0.05, 0) is 43.7 Å². The van der Waals surface area contributed by atoms with E-state index in [1.54, 1.807) is 24.8 Å². The first kappa shape index (κ1) is 24.6. The molecule has 0 bridgehead atoms. The van der Waals surface area contributed by atoms with Crippen LogP contribution in [-0.2, 0) is 19.1 Å². The standard InChI is InChI=1S/C25H29FN4O5/c1-14-21(12-19-18-10-16(26)4-5-20(18)29-24(19)32)28-15(2)23(14)25(33)27-13-17(34-3)11-22(31)30-6-8-35-9-7-30/h4-5,10,12,17,28H,6-9,11,13H2,1-3H3,(H,27,33)(H,29,32)/b19-12-. The number of hydrogen-bond acceptors (Lipinski definition) is 5. The molecule has 1 aromatic heterocycles. The number of anilines is 1. The molecule has 1 saturated heterocycles. The van der Waals surface area contributed by atoms with Crippen LogP contribution in [0.4, 0.5) is 10.1 Å². The fourth-order valence-corrected chi connectivity index (χ4v) is 4.38. The number of aryl methyl sites for hydroxylation is 1. The van der Waals surface area contributed by atoms with Crippen LogP contribution in [0.5, 0.6) is 0 Å². The monoisotopic (exact) mass is 484 g/mol. The summed E-state index contributed by atoms with van der Waals surface area (Å²) >= 11 is 0. The second-order valence-corrected chi connectivity index (χ2v) is 8.63. The molecule has 3 amide bonds. The lowest BCUT2D eigenvalue weighted by Crippen LogP contribution is -2.43. The number of ether oxygens (including phenoxy) is 2. The SMILES string of the molecule is COC(CNC(=O)c1c(C)[nH]c(/C=C2\C(=O)Nc3ccc(F)cc32)c1C)CC(=O)N1CCOCC1. The normalized spacial score (nSPS) is 17.3. The van der Waals surface area contributed by atoms with Crippen LogP contribution in [0.15, 0.2) is 18.2 Å². The number of aromatic nitrogens is 1. The van der Waals surface area contributed by atoms with Crippen molar-refractivity contribution in [2.24, 2.45) is 0 Å². The summed E-state index contributed by atoms with van der Waals surface area (Å²) in [6, 6.07) is 4.11. The van der Waals surface area contributed by atoms with Gasteiger partial charge in [-0.3, -0.25) is 14.4 Å². The van der Waals surface area contributed by atoms with E-state index in [0.29, 0.717) is 65.6 Å². The zero-order valence-electron chi connectivity index (χ0n) is 20.0. The van der Waals surface area contributed by atoms with E-state index >= 15 is 0 Å². The zero-order chi connectivity index (χ0) is 25.1. The number of fused-ring (bicyclic) bond motifs is 1. The molecule has 3 heterocycles. The molecule has 9 nitrogen and oxygen atoms in total. The van der Waals surface area contributed by atoms with E-state index in [2.05, 4.69) is 15.6 Å². The van der Waals surface area contributed by atoms with E-state index in [0.717, 1.165) is 0 Å². The van der Waals surface area contributed by atoms with Gasteiger partial charge in [-0.1, -0.05) is 0 Å². The molecular formula is C25H29FN4O5. The number of halogens is 1.